The second-order valence-corrected chi connectivity index (χ2v) is 6.49. The lowest BCUT2D eigenvalue weighted by atomic mass is 10.2. The highest BCUT2D eigenvalue weighted by atomic mass is 35.5. The summed E-state index contributed by atoms with van der Waals surface area (Å²) >= 11 is 6.35. The van der Waals surface area contributed by atoms with Crippen molar-refractivity contribution in [2.45, 2.75) is 25.3 Å². The molecule has 0 spiro atoms. The topological polar surface area (TPSA) is 98.5 Å². The molecule has 2 aromatic rings. The monoisotopic (exact) mass is 376 g/mol. The van der Waals surface area contributed by atoms with E-state index in [-0.39, 0.29) is 22.3 Å². The summed E-state index contributed by atoms with van der Waals surface area (Å²) in [6, 6.07) is 6.33. The zero-order valence-electron chi connectivity index (χ0n) is 14.3. The van der Waals surface area contributed by atoms with Crippen molar-refractivity contribution in [2.24, 2.45) is 0 Å². The number of carbonyl (C=O) groups excluding carboxylic acids is 1. The van der Waals surface area contributed by atoms with Gasteiger partial charge in [-0.15, -0.1) is 0 Å². The van der Waals surface area contributed by atoms with Crippen LogP contribution in [0.15, 0.2) is 24.3 Å². The number of methoxy groups -OCH3 is 1. The number of non-ortho nitro benzene ring substituents is 1. The van der Waals surface area contributed by atoms with Crippen LogP contribution in [-0.4, -0.2) is 35.0 Å². The molecule has 0 N–H and O–H groups in total. The molecule has 1 aliphatic rings. The normalized spacial score (nSPS) is 13.3. The summed E-state index contributed by atoms with van der Waals surface area (Å²) in [6.45, 7) is 0.336. The summed E-state index contributed by atoms with van der Waals surface area (Å²) in [5.41, 5.74) is 0.773. The molecule has 1 saturated carbocycles. The predicted octanol–water partition coefficient (Wildman–Crippen LogP) is 3.34. The molecule has 8 nitrogen and oxygen atoms in total. The van der Waals surface area contributed by atoms with E-state index in [0.717, 1.165) is 18.4 Å². The molecule has 1 aromatic carbocycles. The van der Waals surface area contributed by atoms with E-state index in [4.69, 9.17) is 16.3 Å². The van der Waals surface area contributed by atoms with Crippen molar-refractivity contribution in [1.82, 2.24) is 9.97 Å². The standard InChI is InChI=1S/C17H17ClN4O4/c1-21(9-10-4-3-5-12(8-10)22(24)25)16-13(18)14(17(23)26-2)19-15(20-16)11-6-7-11/h3-5,8,11H,6-7,9H2,1-2H3. The van der Waals surface area contributed by atoms with E-state index in [2.05, 4.69) is 9.97 Å². The van der Waals surface area contributed by atoms with Crippen molar-refractivity contribution in [3.63, 3.8) is 0 Å². The average molecular weight is 377 g/mol. The van der Waals surface area contributed by atoms with Gasteiger partial charge in [-0.3, -0.25) is 10.1 Å². The van der Waals surface area contributed by atoms with Gasteiger partial charge in [0, 0.05) is 31.6 Å². The van der Waals surface area contributed by atoms with Crippen LogP contribution in [0.25, 0.3) is 0 Å². The first kappa shape index (κ1) is 18.1. The van der Waals surface area contributed by atoms with Gasteiger partial charge in [0.2, 0.25) is 0 Å². The third-order valence-corrected chi connectivity index (χ3v) is 4.42. The largest absolute Gasteiger partial charge is 0.464 e. The predicted molar refractivity (Wildman–Crippen MR) is 95.6 cm³/mol. The van der Waals surface area contributed by atoms with Crippen LogP contribution in [0.3, 0.4) is 0 Å². The maximum Gasteiger partial charge on any atom is 0.358 e. The number of nitro groups is 1. The summed E-state index contributed by atoms with van der Waals surface area (Å²) in [4.78, 5) is 33.0. The lowest BCUT2D eigenvalue weighted by Gasteiger charge is -2.21. The fourth-order valence-electron chi connectivity index (χ4n) is 2.58. The zero-order valence-corrected chi connectivity index (χ0v) is 15.1. The lowest BCUT2D eigenvalue weighted by Crippen LogP contribution is -2.21. The van der Waals surface area contributed by atoms with Crippen LogP contribution in [0.5, 0.6) is 0 Å². The molecule has 0 bridgehead atoms. The van der Waals surface area contributed by atoms with Gasteiger partial charge >= 0.3 is 5.97 Å². The van der Waals surface area contributed by atoms with Crippen LogP contribution in [0.2, 0.25) is 5.02 Å². The van der Waals surface area contributed by atoms with Crippen LogP contribution in [0.4, 0.5) is 11.5 Å². The molecule has 26 heavy (non-hydrogen) atoms. The number of nitrogens with zero attached hydrogens (tertiary/aromatic N) is 4. The van der Waals surface area contributed by atoms with Gasteiger partial charge in [-0.2, -0.15) is 0 Å². The number of nitro benzene ring substituents is 1. The molecular weight excluding hydrogens is 360 g/mol. The van der Waals surface area contributed by atoms with E-state index in [9.17, 15) is 14.9 Å². The molecular formula is C17H17ClN4O4. The van der Waals surface area contributed by atoms with Crippen molar-refractivity contribution in [1.29, 1.82) is 0 Å². The minimum absolute atomic E-state index is 0.0126. The van der Waals surface area contributed by atoms with Gasteiger partial charge in [0.25, 0.3) is 5.69 Å². The number of esters is 1. The third-order valence-electron chi connectivity index (χ3n) is 4.07. The molecule has 136 valence electrons. The Hall–Kier alpha value is -2.74. The number of hydrogen-bond acceptors (Lipinski definition) is 7. The Balaban J connectivity index is 1.94. The smallest absolute Gasteiger partial charge is 0.358 e. The highest BCUT2D eigenvalue weighted by Crippen LogP contribution is 2.40. The van der Waals surface area contributed by atoms with Crippen LogP contribution in [0, 0.1) is 10.1 Å². The number of hydrogen-bond donors (Lipinski definition) is 0. The van der Waals surface area contributed by atoms with E-state index in [1.54, 1.807) is 24.1 Å². The minimum atomic E-state index is -0.621. The zero-order chi connectivity index (χ0) is 18.8. The first-order valence-corrected chi connectivity index (χ1v) is 8.38. The first-order chi connectivity index (χ1) is 12.4. The third kappa shape index (κ3) is 3.75. The Bertz CT molecular complexity index is 870. The fraction of sp³-hybridized carbons (Fsp3) is 0.353. The number of ether oxygens (including phenoxy) is 1. The summed E-state index contributed by atoms with van der Waals surface area (Å²) in [6.07, 6.45) is 1.94. The Labute approximate surface area is 154 Å². The van der Waals surface area contributed by atoms with Gasteiger partial charge in [-0.25, -0.2) is 14.8 Å². The summed E-state index contributed by atoms with van der Waals surface area (Å²) in [5, 5.41) is 11.0. The molecule has 1 heterocycles. The van der Waals surface area contributed by atoms with Crippen LogP contribution in [-0.2, 0) is 11.3 Å². The number of aromatic nitrogens is 2. The van der Waals surface area contributed by atoms with Gasteiger partial charge in [-0.1, -0.05) is 23.7 Å². The quantitative estimate of drug-likeness (QED) is 0.433. The van der Waals surface area contributed by atoms with Crippen molar-refractivity contribution in [2.75, 3.05) is 19.1 Å². The fourth-order valence-corrected chi connectivity index (χ4v) is 2.88. The van der Waals surface area contributed by atoms with Gasteiger partial charge in [0.15, 0.2) is 11.5 Å². The maximum atomic E-state index is 12.0. The molecule has 1 aliphatic carbocycles. The Morgan fingerprint density at radius 3 is 2.77 bits per heavy atom. The molecule has 1 fully saturated rings. The van der Waals surface area contributed by atoms with Crippen LogP contribution < -0.4 is 4.90 Å². The highest BCUT2D eigenvalue weighted by molar-refractivity contribution is 6.35. The van der Waals surface area contributed by atoms with Crippen molar-refractivity contribution in [3.8, 4) is 0 Å². The summed E-state index contributed by atoms with van der Waals surface area (Å²) in [5.74, 6) is 0.566. The number of halogens is 1. The maximum absolute atomic E-state index is 12.0. The average Bonchev–Trinajstić information content (AvgIpc) is 3.46. The SMILES string of the molecule is COC(=O)c1nc(C2CC2)nc(N(C)Cc2cccc([N+](=O)[O-])c2)c1Cl. The Morgan fingerprint density at radius 1 is 1.42 bits per heavy atom. The minimum Gasteiger partial charge on any atom is -0.464 e. The lowest BCUT2D eigenvalue weighted by molar-refractivity contribution is -0.384. The van der Waals surface area contributed by atoms with E-state index in [1.807, 2.05) is 0 Å². The molecule has 9 heteroatoms. The van der Waals surface area contributed by atoms with Gasteiger partial charge in [0.05, 0.1) is 12.0 Å². The number of rotatable bonds is 6. The van der Waals surface area contributed by atoms with E-state index in [1.165, 1.54) is 19.2 Å². The van der Waals surface area contributed by atoms with Crippen molar-refractivity contribution >= 4 is 29.1 Å². The summed E-state index contributed by atoms with van der Waals surface area (Å²) in [7, 11) is 3.02. The Morgan fingerprint density at radius 2 is 2.15 bits per heavy atom. The van der Waals surface area contributed by atoms with Crippen molar-refractivity contribution < 1.29 is 14.5 Å². The molecule has 0 amide bonds. The van der Waals surface area contributed by atoms with E-state index in [0.29, 0.717) is 18.2 Å². The van der Waals surface area contributed by atoms with Crippen LogP contribution in [0.1, 0.15) is 40.6 Å². The molecule has 1 aromatic heterocycles. The second-order valence-electron chi connectivity index (χ2n) is 6.12. The molecule has 0 unspecified atom stereocenters. The molecule has 3 rings (SSSR count). The van der Waals surface area contributed by atoms with Gasteiger partial charge in [-0.05, 0) is 18.4 Å². The summed E-state index contributed by atoms with van der Waals surface area (Å²) < 4.78 is 4.76. The number of benzene rings is 1. The van der Waals surface area contributed by atoms with Crippen LogP contribution >= 0.6 is 11.6 Å². The van der Waals surface area contributed by atoms with Crippen molar-refractivity contribution in [3.05, 3.63) is 56.5 Å². The second kappa shape index (κ2) is 7.25. The molecule has 0 radical (unpaired) electrons. The Kier molecular flexibility index (Phi) is 5.03. The first-order valence-electron chi connectivity index (χ1n) is 8.01. The molecule has 0 saturated heterocycles. The number of carbonyl (C=O) groups is 1. The van der Waals surface area contributed by atoms with E-state index < -0.39 is 10.9 Å². The highest BCUT2D eigenvalue weighted by Gasteiger charge is 2.31. The van der Waals surface area contributed by atoms with Gasteiger partial charge in [0.1, 0.15) is 10.8 Å². The molecule has 0 atom stereocenters. The molecule has 0 aliphatic heterocycles. The van der Waals surface area contributed by atoms with E-state index >= 15 is 0 Å². The van der Waals surface area contributed by atoms with Gasteiger partial charge < -0.3 is 9.64 Å². The number of anilines is 1.